The van der Waals surface area contributed by atoms with E-state index in [1.54, 1.807) is 20.8 Å². The lowest BCUT2D eigenvalue weighted by Crippen LogP contribution is -2.19. The number of methoxy groups -OCH3 is 1. The average molecular weight is 307 g/mol. The van der Waals surface area contributed by atoms with Gasteiger partial charge >= 0.3 is 6.18 Å². The number of hydrogen-bond donors (Lipinski definition) is 0. The van der Waals surface area contributed by atoms with Crippen LogP contribution in [-0.4, -0.2) is 22.3 Å². The molecule has 7 heteroatoms. The maximum atomic E-state index is 12.8. The predicted molar refractivity (Wildman–Crippen MR) is 73.5 cm³/mol. The molecule has 1 atom stereocenters. The monoisotopic (exact) mass is 307 g/mol. The van der Waals surface area contributed by atoms with Gasteiger partial charge in [-0.15, -0.1) is 0 Å². The maximum Gasteiger partial charge on any atom is 0.419 e. The van der Waals surface area contributed by atoms with E-state index < -0.39 is 27.5 Å². The summed E-state index contributed by atoms with van der Waals surface area (Å²) in [7, 11) is -0.388. The summed E-state index contributed by atoms with van der Waals surface area (Å²) in [6.45, 7) is 5.18. The molecule has 0 aliphatic rings. The molecule has 0 aromatic heterocycles. The van der Waals surface area contributed by atoms with Crippen LogP contribution in [0.2, 0.25) is 0 Å². The summed E-state index contributed by atoms with van der Waals surface area (Å²) in [5.41, 5.74) is -0.745. The lowest BCUT2D eigenvalue weighted by atomic mass is 10.1. The zero-order valence-electron chi connectivity index (χ0n) is 11.6. The van der Waals surface area contributed by atoms with E-state index in [0.29, 0.717) is 0 Å². The zero-order chi connectivity index (χ0) is 15.6. The van der Waals surface area contributed by atoms with Crippen molar-refractivity contribution in [3.05, 3.63) is 29.3 Å². The molecule has 0 radical (unpaired) electrons. The molecule has 0 aliphatic heterocycles. The Balaban J connectivity index is 3.21. The van der Waals surface area contributed by atoms with E-state index in [0.717, 1.165) is 19.4 Å². The van der Waals surface area contributed by atoms with Gasteiger partial charge in [0.2, 0.25) is 0 Å². The predicted octanol–water partition coefficient (Wildman–Crippen LogP) is 3.60. The van der Waals surface area contributed by atoms with E-state index in [2.05, 4.69) is 4.40 Å². The molecular formula is C13H16F3NO2S. The Morgan fingerprint density at radius 3 is 2.30 bits per heavy atom. The molecule has 1 rings (SSSR count). The van der Waals surface area contributed by atoms with Crippen molar-refractivity contribution < 1.29 is 22.1 Å². The molecule has 0 fully saturated rings. The minimum Gasteiger partial charge on any atom is -0.495 e. The molecule has 1 unspecified atom stereocenters. The molecule has 1 aromatic carbocycles. The summed E-state index contributed by atoms with van der Waals surface area (Å²) in [6, 6.07) is 3.61. The van der Waals surface area contributed by atoms with Gasteiger partial charge in [-0.1, -0.05) is 6.07 Å². The number of hydrogen-bond acceptors (Lipinski definition) is 2. The fourth-order valence-corrected chi connectivity index (χ4v) is 1.90. The minimum absolute atomic E-state index is 0.139. The normalized spacial score (nSPS) is 14.6. The average Bonchev–Trinajstić information content (AvgIpc) is 2.32. The van der Waals surface area contributed by atoms with Gasteiger partial charge in [-0.05, 0) is 32.9 Å². The van der Waals surface area contributed by atoms with Gasteiger partial charge in [-0.25, -0.2) is 4.21 Å². The molecule has 20 heavy (non-hydrogen) atoms. The van der Waals surface area contributed by atoms with Crippen molar-refractivity contribution >= 4 is 17.2 Å². The number of para-hydroxylation sites is 1. The largest absolute Gasteiger partial charge is 0.495 e. The Morgan fingerprint density at radius 2 is 1.85 bits per heavy atom. The van der Waals surface area contributed by atoms with E-state index in [4.69, 9.17) is 4.74 Å². The van der Waals surface area contributed by atoms with Crippen LogP contribution in [0, 0.1) is 0 Å². The van der Waals surface area contributed by atoms with Crippen LogP contribution in [-0.2, 0) is 17.2 Å². The van der Waals surface area contributed by atoms with Gasteiger partial charge in [0.15, 0.2) is 0 Å². The first-order valence-electron chi connectivity index (χ1n) is 5.77. The van der Waals surface area contributed by atoms with E-state index >= 15 is 0 Å². The third-order valence-electron chi connectivity index (χ3n) is 2.37. The summed E-state index contributed by atoms with van der Waals surface area (Å²) in [5.74, 6) is -0.324. The molecular weight excluding hydrogens is 291 g/mol. The molecule has 0 N–H and O–H groups in total. The highest BCUT2D eigenvalue weighted by atomic mass is 32.2. The Hall–Kier alpha value is -1.37. The summed E-state index contributed by atoms with van der Waals surface area (Å²) in [6.07, 6.45) is -3.37. The molecule has 112 valence electrons. The number of alkyl halides is 3. The highest BCUT2D eigenvalue weighted by Crippen LogP contribution is 2.37. The lowest BCUT2D eigenvalue weighted by molar-refractivity contribution is -0.138. The third-order valence-corrected chi connectivity index (χ3v) is 3.71. The third kappa shape index (κ3) is 4.06. The van der Waals surface area contributed by atoms with Gasteiger partial charge in [-0.3, -0.25) is 0 Å². The van der Waals surface area contributed by atoms with Crippen LogP contribution in [0.4, 0.5) is 13.2 Å². The molecule has 0 saturated heterocycles. The number of nitrogens with zero attached hydrogens (tertiary/aromatic N) is 1. The van der Waals surface area contributed by atoms with E-state index in [9.17, 15) is 17.4 Å². The van der Waals surface area contributed by atoms with Crippen LogP contribution in [0.1, 0.15) is 31.9 Å². The fraction of sp³-hybridized carbons (Fsp3) is 0.462. The van der Waals surface area contributed by atoms with Gasteiger partial charge in [-0.2, -0.15) is 17.6 Å². The number of benzene rings is 1. The summed E-state index contributed by atoms with van der Waals surface area (Å²) in [4.78, 5) is 0. The molecule has 0 aliphatic carbocycles. The topological polar surface area (TPSA) is 38.7 Å². The molecule has 3 nitrogen and oxygen atoms in total. The van der Waals surface area contributed by atoms with Crippen LogP contribution in [0.3, 0.4) is 0 Å². The number of halogens is 3. The first-order chi connectivity index (χ1) is 9.07. The van der Waals surface area contributed by atoms with Crippen molar-refractivity contribution in [1.29, 1.82) is 0 Å². The van der Waals surface area contributed by atoms with Crippen molar-refractivity contribution in [3.63, 3.8) is 0 Å². The second-order valence-corrected chi connectivity index (χ2v) is 6.96. The van der Waals surface area contributed by atoms with E-state index in [1.807, 2.05) is 0 Å². The second kappa shape index (κ2) is 5.95. The second-order valence-electron chi connectivity index (χ2n) is 5.02. The SMILES string of the molecule is COc1c(C=NS(=O)C(C)(C)C)cccc1C(F)(F)F. The fourth-order valence-electron chi connectivity index (χ4n) is 1.37. The van der Waals surface area contributed by atoms with Gasteiger partial charge in [0.25, 0.3) is 0 Å². The van der Waals surface area contributed by atoms with E-state index in [1.165, 1.54) is 12.1 Å². The quantitative estimate of drug-likeness (QED) is 0.800. The van der Waals surface area contributed by atoms with Crippen LogP contribution in [0.5, 0.6) is 5.75 Å². The summed E-state index contributed by atoms with van der Waals surface area (Å²) < 4.78 is 58.3. The molecule has 0 amide bonds. The number of ether oxygens (including phenoxy) is 1. The van der Waals surface area contributed by atoms with E-state index in [-0.39, 0.29) is 11.3 Å². The van der Waals surface area contributed by atoms with Crippen LogP contribution >= 0.6 is 0 Å². The van der Waals surface area contributed by atoms with Crippen molar-refractivity contribution in [2.24, 2.45) is 4.40 Å². The van der Waals surface area contributed by atoms with Crippen LogP contribution < -0.4 is 4.74 Å². The first kappa shape index (κ1) is 16.7. The standard InChI is InChI=1S/C13H16F3NO2S/c1-12(2,3)20(18)17-8-9-6-5-7-10(11(9)19-4)13(14,15)16/h5-8H,1-4H3. The number of rotatable bonds is 3. The zero-order valence-corrected chi connectivity index (χ0v) is 12.4. The highest BCUT2D eigenvalue weighted by Gasteiger charge is 2.35. The van der Waals surface area contributed by atoms with Crippen LogP contribution in [0.15, 0.2) is 22.6 Å². The Kier molecular flexibility index (Phi) is 4.96. The van der Waals surface area contributed by atoms with Crippen molar-refractivity contribution in [1.82, 2.24) is 0 Å². The Morgan fingerprint density at radius 1 is 1.25 bits per heavy atom. The molecule has 0 heterocycles. The van der Waals surface area contributed by atoms with Gasteiger partial charge in [0, 0.05) is 11.8 Å². The Bertz CT molecular complexity index is 533. The minimum atomic E-state index is -4.52. The first-order valence-corrected chi connectivity index (χ1v) is 6.88. The van der Waals surface area contributed by atoms with Crippen LogP contribution in [0.25, 0.3) is 0 Å². The van der Waals surface area contributed by atoms with Gasteiger partial charge < -0.3 is 4.74 Å². The Labute approximate surface area is 118 Å². The molecule has 0 spiro atoms. The van der Waals surface area contributed by atoms with Crippen molar-refractivity contribution in [3.8, 4) is 5.75 Å². The molecule has 1 aromatic rings. The van der Waals surface area contributed by atoms with Gasteiger partial charge in [0.1, 0.15) is 16.7 Å². The molecule has 0 saturated carbocycles. The summed E-state index contributed by atoms with van der Waals surface area (Å²) >= 11 is 0. The van der Waals surface area contributed by atoms with Crippen molar-refractivity contribution in [2.75, 3.05) is 7.11 Å². The summed E-state index contributed by atoms with van der Waals surface area (Å²) in [5, 5.41) is 0. The maximum absolute atomic E-state index is 12.8. The highest BCUT2D eigenvalue weighted by molar-refractivity contribution is 7.85. The smallest absolute Gasteiger partial charge is 0.419 e. The lowest BCUT2D eigenvalue weighted by Gasteiger charge is -2.15. The van der Waals surface area contributed by atoms with Crippen molar-refractivity contribution in [2.45, 2.75) is 31.7 Å². The van der Waals surface area contributed by atoms with Gasteiger partial charge in [0.05, 0.1) is 17.4 Å². The molecule has 0 bridgehead atoms.